The van der Waals surface area contributed by atoms with E-state index < -0.39 is 0 Å². The SMILES string of the molecule is CC.Cc1cnc(Cl)nc1NC(C)c1cc2cccc(-c3cnn(C)c3)c2c(=O)n1-c1ccccc1. The van der Waals surface area contributed by atoms with Crippen molar-refractivity contribution in [2.24, 2.45) is 7.05 Å². The summed E-state index contributed by atoms with van der Waals surface area (Å²) in [6.07, 6.45) is 5.37. The average Bonchev–Trinajstić information content (AvgIpc) is 3.33. The summed E-state index contributed by atoms with van der Waals surface area (Å²) in [5.74, 6) is 0.628. The van der Waals surface area contributed by atoms with Crippen molar-refractivity contribution in [3.8, 4) is 16.8 Å². The number of rotatable bonds is 5. The third-order valence-corrected chi connectivity index (χ3v) is 6.03. The topological polar surface area (TPSA) is 77.6 Å². The van der Waals surface area contributed by atoms with Crippen LogP contribution in [0.2, 0.25) is 5.28 Å². The van der Waals surface area contributed by atoms with E-state index in [0.29, 0.717) is 11.2 Å². The number of nitrogens with one attached hydrogen (secondary N) is 1. The second-order valence-electron chi connectivity index (χ2n) is 8.25. The van der Waals surface area contributed by atoms with Gasteiger partial charge in [-0.3, -0.25) is 14.0 Å². The Morgan fingerprint density at radius 1 is 1.03 bits per heavy atom. The molecule has 0 aliphatic rings. The number of aryl methyl sites for hydroxylation is 2. The van der Waals surface area contributed by atoms with Crippen LogP contribution in [0.1, 0.15) is 38.1 Å². The van der Waals surface area contributed by atoms with Crippen LogP contribution < -0.4 is 10.9 Å². The van der Waals surface area contributed by atoms with Crippen molar-refractivity contribution in [3.05, 3.63) is 100 Å². The van der Waals surface area contributed by atoms with Gasteiger partial charge in [0.2, 0.25) is 5.28 Å². The normalized spacial score (nSPS) is 11.6. The largest absolute Gasteiger partial charge is 0.362 e. The molecule has 7 nitrogen and oxygen atoms in total. The number of pyridine rings is 1. The molecule has 3 aromatic heterocycles. The van der Waals surface area contributed by atoms with Gasteiger partial charge in [-0.05, 0) is 54.6 Å². The van der Waals surface area contributed by atoms with Gasteiger partial charge in [0.25, 0.3) is 5.56 Å². The molecule has 0 saturated heterocycles. The van der Waals surface area contributed by atoms with Crippen LogP contribution in [-0.4, -0.2) is 24.3 Å². The van der Waals surface area contributed by atoms with Gasteiger partial charge in [-0.2, -0.15) is 5.10 Å². The molecule has 5 rings (SSSR count). The Labute approximate surface area is 215 Å². The molecular formula is C28H29ClN6O. The predicted octanol–water partition coefficient (Wildman–Crippen LogP) is 6.34. The highest BCUT2D eigenvalue weighted by Crippen LogP contribution is 2.30. The molecule has 0 aliphatic heterocycles. The van der Waals surface area contributed by atoms with Crippen molar-refractivity contribution in [2.75, 3.05) is 5.32 Å². The fraction of sp³-hybridized carbons (Fsp3) is 0.214. The molecule has 1 atom stereocenters. The third kappa shape index (κ3) is 4.88. The Kier molecular flexibility index (Phi) is 7.50. The van der Waals surface area contributed by atoms with Crippen LogP contribution in [0, 0.1) is 6.92 Å². The first kappa shape index (κ1) is 25.1. The maximum Gasteiger partial charge on any atom is 0.263 e. The van der Waals surface area contributed by atoms with E-state index in [2.05, 4.69) is 26.4 Å². The zero-order valence-electron chi connectivity index (χ0n) is 21.0. The Morgan fingerprint density at radius 2 is 1.78 bits per heavy atom. The third-order valence-electron chi connectivity index (χ3n) is 5.84. The van der Waals surface area contributed by atoms with Gasteiger partial charge in [0, 0.05) is 41.9 Å². The summed E-state index contributed by atoms with van der Waals surface area (Å²) >= 11 is 6.03. The number of hydrogen-bond donors (Lipinski definition) is 1. The lowest BCUT2D eigenvalue weighted by Crippen LogP contribution is -2.26. The van der Waals surface area contributed by atoms with Crippen molar-refractivity contribution in [3.63, 3.8) is 0 Å². The Morgan fingerprint density at radius 3 is 2.47 bits per heavy atom. The summed E-state index contributed by atoms with van der Waals surface area (Å²) in [6, 6.07) is 17.4. The Hall–Kier alpha value is -3.97. The van der Waals surface area contributed by atoms with Crippen LogP contribution in [-0.2, 0) is 7.05 Å². The Bertz CT molecular complexity index is 1560. The molecule has 8 heteroatoms. The molecule has 36 heavy (non-hydrogen) atoms. The molecule has 0 aliphatic carbocycles. The first-order valence-electron chi connectivity index (χ1n) is 11.9. The monoisotopic (exact) mass is 500 g/mol. The lowest BCUT2D eigenvalue weighted by molar-refractivity contribution is 0.768. The van der Waals surface area contributed by atoms with E-state index >= 15 is 0 Å². The summed E-state index contributed by atoms with van der Waals surface area (Å²) < 4.78 is 3.50. The van der Waals surface area contributed by atoms with Gasteiger partial charge in [0.1, 0.15) is 5.82 Å². The highest BCUT2D eigenvalue weighted by atomic mass is 35.5. The molecule has 0 amide bonds. The maximum absolute atomic E-state index is 14.1. The number of aromatic nitrogens is 5. The van der Waals surface area contributed by atoms with Crippen molar-refractivity contribution in [1.82, 2.24) is 24.3 Å². The summed E-state index contributed by atoms with van der Waals surface area (Å²) in [4.78, 5) is 22.4. The molecule has 3 heterocycles. The number of nitrogens with zero attached hydrogens (tertiary/aromatic N) is 5. The number of fused-ring (bicyclic) bond motifs is 1. The minimum Gasteiger partial charge on any atom is -0.362 e. The first-order chi connectivity index (χ1) is 17.4. The van der Waals surface area contributed by atoms with E-state index in [4.69, 9.17) is 11.6 Å². The summed E-state index contributed by atoms with van der Waals surface area (Å²) in [5, 5.41) is 9.38. The summed E-state index contributed by atoms with van der Waals surface area (Å²) in [5.41, 5.74) is 4.12. The van der Waals surface area contributed by atoms with E-state index in [1.165, 1.54) is 0 Å². The molecule has 5 aromatic rings. The molecule has 1 N–H and O–H groups in total. The second-order valence-corrected chi connectivity index (χ2v) is 8.59. The molecule has 0 bridgehead atoms. The van der Waals surface area contributed by atoms with E-state index in [9.17, 15) is 4.79 Å². The predicted molar refractivity (Wildman–Crippen MR) is 147 cm³/mol. The fourth-order valence-corrected chi connectivity index (χ4v) is 4.32. The van der Waals surface area contributed by atoms with Gasteiger partial charge < -0.3 is 5.32 Å². The highest BCUT2D eigenvalue weighted by molar-refractivity contribution is 6.28. The maximum atomic E-state index is 14.1. The van der Waals surface area contributed by atoms with Crippen LogP contribution in [0.25, 0.3) is 27.6 Å². The van der Waals surface area contributed by atoms with Crippen molar-refractivity contribution in [2.45, 2.75) is 33.7 Å². The second kappa shape index (κ2) is 10.7. The van der Waals surface area contributed by atoms with Crippen molar-refractivity contribution in [1.29, 1.82) is 0 Å². The summed E-state index contributed by atoms with van der Waals surface area (Å²) in [6.45, 7) is 7.91. The van der Waals surface area contributed by atoms with Gasteiger partial charge in [-0.15, -0.1) is 0 Å². The Balaban J connectivity index is 0.00000148. The van der Waals surface area contributed by atoms with Gasteiger partial charge >= 0.3 is 0 Å². The van der Waals surface area contributed by atoms with Crippen LogP contribution >= 0.6 is 11.6 Å². The minimum absolute atomic E-state index is 0.0933. The summed E-state index contributed by atoms with van der Waals surface area (Å²) in [7, 11) is 1.86. The minimum atomic E-state index is -0.246. The molecule has 0 saturated carbocycles. The van der Waals surface area contributed by atoms with Gasteiger partial charge in [-0.25, -0.2) is 9.97 Å². The smallest absolute Gasteiger partial charge is 0.263 e. The van der Waals surface area contributed by atoms with Gasteiger partial charge in [0.05, 0.1) is 17.6 Å². The first-order valence-corrected chi connectivity index (χ1v) is 12.3. The quantitative estimate of drug-likeness (QED) is 0.285. The van der Waals surface area contributed by atoms with Crippen molar-refractivity contribution >= 4 is 28.2 Å². The van der Waals surface area contributed by atoms with E-state index in [-0.39, 0.29) is 16.9 Å². The zero-order chi connectivity index (χ0) is 25.8. The van der Waals surface area contributed by atoms with Crippen LogP contribution in [0.3, 0.4) is 0 Å². The number of benzene rings is 2. The molecular weight excluding hydrogens is 472 g/mol. The number of para-hydroxylation sites is 1. The molecule has 1 unspecified atom stereocenters. The average molecular weight is 501 g/mol. The van der Waals surface area contributed by atoms with Crippen molar-refractivity contribution < 1.29 is 0 Å². The van der Waals surface area contributed by atoms with E-state index in [1.54, 1.807) is 21.6 Å². The molecule has 184 valence electrons. The van der Waals surface area contributed by atoms with E-state index in [0.717, 1.165) is 33.5 Å². The highest BCUT2D eigenvalue weighted by Gasteiger charge is 2.20. The number of anilines is 1. The van der Waals surface area contributed by atoms with Crippen LogP contribution in [0.5, 0.6) is 0 Å². The van der Waals surface area contributed by atoms with E-state index in [1.807, 2.05) is 89.5 Å². The molecule has 0 radical (unpaired) electrons. The van der Waals surface area contributed by atoms with Gasteiger partial charge in [0.15, 0.2) is 0 Å². The molecule has 0 spiro atoms. The number of halogens is 1. The molecule has 2 aromatic carbocycles. The number of hydrogen-bond acceptors (Lipinski definition) is 5. The lowest BCUT2D eigenvalue weighted by Gasteiger charge is -2.22. The van der Waals surface area contributed by atoms with Crippen LogP contribution in [0.15, 0.2) is 78.0 Å². The standard InChI is InChI=1S/C26H23ClN6O.C2H6/c1-16-13-28-26(27)31-24(16)30-17(2)22-12-18-8-7-11-21(19-14-29-32(3)15-19)23(18)25(34)33(22)20-9-5-4-6-10-20;1-2/h4-15,17H,1-3H3,(H,28,30,31);1-2H3. The lowest BCUT2D eigenvalue weighted by atomic mass is 9.99. The van der Waals surface area contributed by atoms with Gasteiger partial charge in [-0.1, -0.05) is 50.2 Å². The van der Waals surface area contributed by atoms with Crippen LogP contribution in [0.4, 0.5) is 5.82 Å². The fourth-order valence-electron chi connectivity index (χ4n) is 4.19. The molecule has 0 fully saturated rings. The zero-order valence-corrected chi connectivity index (χ0v) is 21.8.